The molecule has 0 saturated heterocycles. The van der Waals surface area contributed by atoms with Gasteiger partial charge in [-0.1, -0.05) is 40.8 Å². The molecule has 0 aliphatic carbocycles. The zero-order chi connectivity index (χ0) is 19.5. The van der Waals surface area contributed by atoms with E-state index in [0.29, 0.717) is 19.4 Å². The fourth-order valence-corrected chi connectivity index (χ4v) is 2.96. The molecular formula is C17H27INO6P. The average Bonchev–Trinajstić information content (AvgIpc) is 2.61. The number of halogens is 1. The molecule has 1 rings (SSSR count). The summed E-state index contributed by atoms with van der Waals surface area (Å²) in [4.78, 5) is 17.5. The van der Waals surface area contributed by atoms with Crippen LogP contribution in [0, 0.1) is 0 Å². The molecule has 0 bridgehead atoms. The van der Waals surface area contributed by atoms with Crippen molar-refractivity contribution in [3.05, 3.63) is 40.0 Å². The first-order valence-electron chi connectivity index (χ1n) is 8.35. The highest BCUT2D eigenvalue weighted by Crippen LogP contribution is 2.36. The van der Waals surface area contributed by atoms with Crippen LogP contribution < -0.4 is 10.5 Å². The van der Waals surface area contributed by atoms with Gasteiger partial charge in [0.2, 0.25) is 0 Å². The minimum atomic E-state index is -4.61. The van der Waals surface area contributed by atoms with E-state index in [2.05, 4.69) is 33.2 Å². The Labute approximate surface area is 168 Å². The summed E-state index contributed by atoms with van der Waals surface area (Å²) in [5.41, 5.74) is 5.73. The fraction of sp³-hybridized carbons (Fsp3) is 0.529. The summed E-state index contributed by atoms with van der Waals surface area (Å²) < 4.78 is 22.9. The molecule has 0 aliphatic heterocycles. The Balaban J connectivity index is 2.39. The predicted molar refractivity (Wildman–Crippen MR) is 109 cm³/mol. The van der Waals surface area contributed by atoms with Crippen LogP contribution in [0.4, 0.5) is 0 Å². The Morgan fingerprint density at radius 1 is 1.23 bits per heavy atom. The van der Waals surface area contributed by atoms with Crippen LogP contribution in [0.15, 0.2) is 34.4 Å². The third-order valence-corrected chi connectivity index (χ3v) is 4.77. The van der Waals surface area contributed by atoms with Crippen LogP contribution in [-0.4, -0.2) is 40.3 Å². The van der Waals surface area contributed by atoms with Crippen molar-refractivity contribution in [2.75, 3.05) is 19.8 Å². The van der Waals surface area contributed by atoms with E-state index in [4.69, 9.17) is 20.3 Å². The number of benzene rings is 1. The van der Waals surface area contributed by atoms with Gasteiger partial charge < -0.3 is 25.4 Å². The number of ether oxygens (including phenoxy) is 1. The van der Waals surface area contributed by atoms with Gasteiger partial charge in [-0.05, 0) is 53.9 Å². The van der Waals surface area contributed by atoms with Crippen LogP contribution in [0.1, 0.15) is 31.2 Å². The minimum Gasteiger partial charge on any atom is -0.494 e. The van der Waals surface area contributed by atoms with Gasteiger partial charge in [-0.25, -0.2) is 4.57 Å². The lowest BCUT2D eigenvalue weighted by Crippen LogP contribution is -2.48. The Morgan fingerprint density at radius 2 is 1.92 bits per heavy atom. The number of aliphatic hydroxyl groups is 1. The summed E-state index contributed by atoms with van der Waals surface area (Å²) in [6.07, 6.45) is 6.15. The second-order valence-corrected chi connectivity index (χ2v) is 8.09. The lowest BCUT2D eigenvalue weighted by Gasteiger charge is -2.27. The van der Waals surface area contributed by atoms with Gasteiger partial charge in [0.05, 0.1) is 25.4 Å². The van der Waals surface area contributed by atoms with Crippen LogP contribution in [0.5, 0.6) is 5.75 Å². The molecule has 0 aliphatic rings. The number of phosphoric ester groups is 1. The molecule has 1 unspecified atom stereocenters. The maximum atomic E-state index is 10.8. The number of aliphatic hydroxyl groups excluding tert-OH is 1. The van der Waals surface area contributed by atoms with Crippen molar-refractivity contribution in [3.63, 3.8) is 0 Å². The van der Waals surface area contributed by atoms with Crippen molar-refractivity contribution in [1.82, 2.24) is 0 Å². The van der Waals surface area contributed by atoms with Gasteiger partial charge in [-0.15, -0.1) is 0 Å². The van der Waals surface area contributed by atoms with Crippen molar-refractivity contribution < 1.29 is 28.7 Å². The number of aryl methyl sites for hydroxylation is 1. The molecular weight excluding hydrogens is 472 g/mol. The number of allylic oxidation sites excluding steroid dienone is 1. The largest absolute Gasteiger partial charge is 0.494 e. The molecule has 0 saturated carbocycles. The topological polar surface area (TPSA) is 122 Å². The van der Waals surface area contributed by atoms with E-state index in [-0.39, 0.29) is 0 Å². The van der Waals surface area contributed by atoms with Crippen molar-refractivity contribution in [2.45, 2.75) is 37.6 Å². The standard InChI is InChI=1S/C17H27INO6P/c18-11-3-1-2-4-12-24-16-7-5-15(6-8-16)9-10-17(19,13-20)14-25-26(21,22)23/h3,5-8,11,20H,1-2,4,9-10,12-14,19H2,(H2,21,22,23)/b11-3-. The van der Waals surface area contributed by atoms with Crippen LogP contribution >= 0.6 is 30.4 Å². The monoisotopic (exact) mass is 499 g/mol. The highest BCUT2D eigenvalue weighted by atomic mass is 127. The first kappa shape index (κ1) is 23.6. The predicted octanol–water partition coefficient (Wildman–Crippen LogP) is 2.92. The van der Waals surface area contributed by atoms with Crippen LogP contribution in [0.2, 0.25) is 0 Å². The molecule has 7 nitrogen and oxygen atoms in total. The number of hydrogen-bond acceptors (Lipinski definition) is 5. The van der Waals surface area contributed by atoms with Crippen molar-refractivity contribution in [2.24, 2.45) is 5.73 Å². The fourth-order valence-electron chi connectivity index (χ4n) is 2.17. The molecule has 5 N–H and O–H groups in total. The van der Waals surface area contributed by atoms with Gasteiger partial charge in [-0.2, -0.15) is 0 Å². The second-order valence-electron chi connectivity index (χ2n) is 6.13. The third kappa shape index (κ3) is 10.6. The Hall–Kier alpha value is -0.480. The molecule has 0 fully saturated rings. The number of phosphoric acid groups is 1. The molecule has 0 amide bonds. The lowest BCUT2D eigenvalue weighted by molar-refractivity contribution is 0.102. The summed E-state index contributed by atoms with van der Waals surface area (Å²) in [7, 11) is -4.61. The quantitative estimate of drug-likeness (QED) is 0.187. The van der Waals surface area contributed by atoms with Crippen LogP contribution in [-0.2, 0) is 15.5 Å². The summed E-state index contributed by atoms with van der Waals surface area (Å²) in [5.74, 6) is 0.796. The van der Waals surface area contributed by atoms with E-state index < -0.39 is 26.6 Å². The molecule has 148 valence electrons. The molecule has 1 aromatic rings. The van der Waals surface area contributed by atoms with Crippen LogP contribution in [0.25, 0.3) is 0 Å². The molecule has 9 heteroatoms. The number of rotatable bonds is 13. The van der Waals surface area contributed by atoms with Crippen LogP contribution in [0.3, 0.4) is 0 Å². The molecule has 26 heavy (non-hydrogen) atoms. The Kier molecular flexibility index (Phi) is 10.9. The van der Waals surface area contributed by atoms with E-state index in [1.165, 1.54) is 0 Å². The van der Waals surface area contributed by atoms with Gasteiger partial charge in [0.1, 0.15) is 5.75 Å². The van der Waals surface area contributed by atoms with Crippen molar-refractivity contribution in [1.29, 1.82) is 0 Å². The smallest absolute Gasteiger partial charge is 0.469 e. The molecule has 0 spiro atoms. The van der Waals surface area contributed by atoms with E-state index >= 15 is 0 Å². The van der Waals surface area contributed by atoms with Gasteiger partial charge in [0.15, 0.2) is 0 Å². The van der Waals surface area contributed by atoms with E-state index in [9.17, 15) is 9.67 Å². The van der Waals surface area contributed by atoms with Crippen molar-refractivity contribution in [3.8, 4) is 5.75 Å². The number of hydrogen-bond donors (Lipinski definition) is 4. The molecule has 0 heterocycles. The number of nitrogens with two attached hydrogens (primary N) is 1. The van der Waals surface area contributed by atoms with E-state index in [1.807, 2.05) is 28.3 Å². The van der Waals surface area contributed by atoms with E-state index in [0.717, 1.165) is 30.6 Å². The van der Waals surface area contributed by atoms with Crippen molar-refractivity contribution >= 4 is 30.4 Å². The molecule has 1 atom stereocenters. The van der Waals surface area contributed by atoms with Gasteiger partial charge in [0.25, 0.3) is 0 Å². The summed E-state index contributed by atoms with van der Waals surface area (Å²) in [6, 6.07) is 7.58. The zero-order valence-electron chi connectivity index (χ0n) is 14.6. The summed E-state index contributed by atoms with van der Waals surface area (Å²) in [6.45, 7) is -0.173. The highest BCUT2D eigenvalue weighted by molar-refractivity contribution is 14.1. The van der Waals surface area contributed by atoms with Gasteiger partial charge >= 0.3 is 7.82 Å². The molecule has 1 aromatic carbocycles. The first-order valence-corrected chi connectivity index (χ1v) is 11.1. The second kappa shape index (κ2) is 12.1. The average molecular weight is 499 g/mol. The summed E-state index contributed by atoms with van der Waals surface area (Å²) >= 11 is 2.21. The third-order valence-electron chi connectivity index (χ3n) is 3.79. The Morgan fingerprint density at radius 3 is 2.50 bits per heavy atom. The maximum absolute atomic E-state index is 10.8. The highest BCUT2D eigenvalue weighted by Gasteiger charge is 2.28. The normalized spacial score (nSPS) is 14.5. The molecule has 0 aromatic heterocycles. The van der Waals surface area contributed by atoms with Gasteiger partial charge in [0, 0.05) is 0 Å². The SMILES string of the molecule is NC(CO)(CCc1ccc(OCCCC/C=C\I)cc1)COP(=O)(O)O. The minimum absolute atomic E-state index is 0.327. The Bertz CT molecular complexity index is 591. The first-order chi connectivity index (χ1) is 12.3. The number of unbranched alkanes of at least 4 members (excludes halogenated alkanes) is 2. The maximum Gasteiger partial charge on any atom is 0.469 e. The lowest BCUT2D eigenvalue weighted by atomic mass is 9.94. The molecule has 0 radical (unpaired) electrons. The van der Waals surface area contributed by atoms with E-state index in [1.54, 1.807) is 0 Å². The summed E-state index contributed by atoms with van der Waals surface area (Å²) in [5, 5.41) is 9.40. The zero-order valence-corrected chi connectivity index (χ0v) is 17.6. The van der Waals surface area contributed by atoms with Gasteiger partial charge in [-0.3, -0.25) is 4.52 Å².